The molecule has 1 aromatic heterocycles. The van der Waals surface area contributed by atoms with Crippen LogP contribution in [0.5, 0.6) is 5.75 Å². The van der Waals surface area contributed by atoms with E-state index in [4.69, 9.17) is 4.74 Å². The number of nitrogens with one attached hydrogen (secondary N) is 2. The molecule has 0 unspecified atom stereocenters. The average molecular weight is 387 g/mol. The van der Waals surface area contributed by atoms with E-state index in [1.165, 1.54) is 10.4 Å². The summed E-state index contributed by atoms with van der Waals surface area (Å²) in [6.07, 6.45) is 1.43. The molecule has 1 aromatic carbocycles. The van der Waals surface area contributed by atoms with Crippen molar-refractivity contribution < 1.29 is 9.53 Å². The first-order valence-corrected chi connectivity index (χ1v) is 10.1. The molecule has 2 aromatic rings. The van der Waals surface area contributed by atoms with Crippen LogP contribution in [0.2, 0.25) is 0 Å². The van der Waals surface area contributed by atoms with E-state index in [0.717, 1.165) is 25.3 Å². The number of ether oxygens (including phenoxy) is 1. The maximum Gasteiger partial charge on any atom is 0.224 e. The molecule has 3 rings (SSSR count). The number of aliphatic imine (C=N–C) groups is 1. The van der Waals surface area contributed by atoms with Gasteiger partial charge < -0.3 is 20.3 Å². The Morgan fingerprint density at radius 1 is 1.22 bits per heavy atom. The third-order valence-electron chi connectivity index (χ3n) is 4.42. The zero-order chi connectivity index (χ0) is 18.9. The lowest BCUT2D eigenvalue weighted by molar-refractivity contribution is -0.131. The van der Waals surface area contributed by atoms with Gasteiger partial charge in [0.15, 0.2) is 5.96 Å². The number of nitrogens with zero attached hydrogens (tertiary/aromatic N) is 2. The zero-order valence-electron chi connectivity index (χ0n) is 15.6. The lowest BCUT2D eigenvalue weighted by Gasteiger charge is -2.27. The highest BCUT2D eigenvalue weighted by Crippen LogP contribution is 2.24. The number of hydrogen-bond acceptors (Lipinski definition) is 4. The van der Waals surface area contributed by atoms with Crippen LogP contribution in [0.3, 0.4) is 0 Å². The number of rotatable bonds is 7. The average Bonchev–Trinajstić information content (AvgIpc) is 3.18. The first-order chi connectivity index (χ1) is 13.3. The summed E-state index contributed by atoms with van der Waals surface area (Å²) in [5.74, 6) is 1.71. The quantitative estimate of drug-likeness (QED) is 0.435. The largest absolute Gasteiger partial charge is 0.492 e. The summed E-state index contributed by atoms with van der Waals surface area (Å²) in [5, 5.41) is 8.49. The molecule has 0 fully saturated rings. The van der Waals surface area contributed by atoms with Crippen molar-refractivity contribution in [1.82, 2.24) is 15.5 Å². The van der Waals surface area contributed by atoms with Gasteiger partial charge in [-0.15, -0.1) is 11.3 Å². The summed E-state index contributed by atoms with van der Waals surface area (Å²) in [6, 6.07) is 11.8. The molecule has 0 atom stereocenters. The lowest BCUT2D eigenvalue weighted by atomic mass is 10.1. The van der Waals surface area contributed by atoms with Crippen LogP contribution < -0.4 is 15.4 Å². The maximum absolute atomic E-state index is 12.4. The second-order valence-corrected chi connectivity index (χ2v) is 7.27. The lowest BCUT2D eigenvalue weighted by Crippen LogP contribution is -2.42. The fourth-order valence-electron chi connectivity index (χ4n) is 2.98. The number of thiophene rings is 1. The molecule has 27 heavy (non-hydrogen) atoms. The molecule has 2 N–H and O–H groups in total. The molecule has 0 radical (unpaired) electrons. The second-order valence-electron chi connectivity index (χ2n) is 6.27. The van der Waals surface area contributed by atoms with E-state index in [-0.39, 0.29) is 5.91 Å². The molecule has 2 heterocycles. The van der Waals surface area contributed by atoms with E-state index in [1.54, 1.807) is 18.4 Å². The van der Waals surface area contributed by atoms with Crippen molar-refractivity contribution in [3.63, 3.8) is 0 Å². The summed E-state index contributed by atoms with van der Waals surface area (Å²) >= 11 is 1.79. The van der Waals surface area contributed by atoms with Crippen LogP contribution in [0.4, 0.5) is 0 Å². The molecule has 1 aliphatic heterocycles. The number of fused-ring (bicyclic) bond motifs is 1. The number of carbonyl (C=O) groups is 1. The fraction of sp³-hybridized carbons (Fsp3) is 0.400. The van der Waals surface area contributed by atoms with Crippen LogP contribution in [0.1, 0.15) is 16.9 Å². The molecular formula is C20H26N4O2S. The molecule has 0 bridgehead atoms. The third kappa shape index (κ3) is 5.72. The highest BCUT2D eigenvalue weighted by atomic mass is 32.1. The Bertz CT molecular complexity index is 760. The Morgan fingerprint density at radius 2 is 2.04 bits per heavy atom. The van der Waals surface area contributed by atoms with Gasteiger partial charge in [0.25, 0.3) is 0 Å². The Balaban J connectivity index is 1.32. The van der Waals surface area contributed by atoms with Gasteiger partial charge in [0, 0.05) is 38.0 Å². The minimum atomic E-state index is 0.183. The van der Waals surface area contributed by atoms with E-state index < -0.39 is 0 Å². The van der Waals surface area contributed by atoms with Gasteiger partial charge in [0.05, 0.1) is 6.54 Å². The molecule has 0 spiro atoms. The van der Waals surface area contributed by atoms with Gasteiger partial charge in [-0.2, -0.15) is 0 Å². The van der Waals surface area contributed by atoms with Crippen LogP contribution in [0.15, 0.2) is 46.8 Å². The van der Waals surface area contributed by atoms with Gasteiger partial charge in [0.2, 0.25) is 5.91 Å². The SMILES string of the molecule is CN=C(NCCOc1ccccc1)NCCC(=O)N1CCc2sccc2C1. The van der Waals surface area contributed by atoms with E-state index in [9.17, 15) is 4.79 Å². The van der Waals surface area contributed by atoms with E-state index >= 15 is 0 Å². The van der Waals surface area contributed by atoms with Gasteiger partial charge in [-0.3, -0.25) is 9.79 Å². The molecule has 1 aliphatic rings. The Kier molecular flexibility index (Phi) is 7.10. The molecule has 6 nitrogen and oxygen atoms in total. The number of amides is 1. The second kappa shape index (κ2) is 9.97. The minimum Gasteiger partial charge on any atom is -0.492 e. The van der Waals surface area contributed by atoms with Gasteiger partial charge in [-0.1, -0.05) is 18.2 Å². The summed E-state index contributed by atoms with van der Waals surface area (Å²) in [4.78, 5) is 20.0. The van der Waals surface area contributed by atoms with Crippen LogP contribution >= 0.6 is 11.3 Å². The Labute approximate surface area is 164 Å². The summed E-state index contributed by atoms with van der Waals surface area (Å²) in [5.41, 5.74) is 1.29. The van der Waals surface area contributed by atoms with Gasteiger partial charge >= 0.3 is 0 Å². The summed E-state index contributed by atoms with van der Waals surface area (Å²) in [6.45, 7) is 3.29. The number of para-hydroxylation sites is 1. The Morgan fingerprint density at radius 3 is 2.85 bits per heavy atom. The van der Waals surface area contributed by atoms with Gasteiger partial charge in [0.1, 0.15) is 12.4 Å². The van der Waals surface area contributed by atoms with Crippen molar-refractivity contribution in [1.29, 1.82) is 0 Å². The number of carbonyl (C=O) groups excluding carboxylic acids is 1. The molecule has 0 aliphatic carbocycles. The van der Waals surface area contributed by atoms with Crippen LogP contribution in [0, 0.1) is 0 Å². The number of benzene rings is 1. The number of hydrogen-bond donors (Lipinski definition) is 2. The smallest absolute Gasteiger partial charge is 0.224 e. The van der Waals surface area contributed by atoms with Crippen LogP contribution in [0.25, 0.3) is 0 Å². The van der Waals surface area contributed by atoms with Crippen molar-refractivity contribution in [3.05, 3.63) is 52.2 Å². The maximum atomic E-state index is 12.4. The van der Waals surface area contributed by atoms with Crippen LogP contribution in [-0.2, 0) is 17.8 Å². The van der Waals surface area contributed by atoms with E-state index in [1.807, 2.05) is 35.2 Å². The highest BCUT2D eigenvalue weighted by Gasteiger charge is 2.20. The minimum absolute atomic E-state index is 0.183. The van der Waals surface area contributed by atoms with Crippen molar-refractivity contribution in [3.8, 4) is 5.75 Å². The van der Waals surface area contributed by atoms with Crippen molar-refractivity contribution >= 4 is 23.2 Å². The molecule has 7 heteroatoms. The van der Waals surface area contributed by atoms with E-state index in [0.29, 0.717) is 32.1 Å². The molecular weight excluding hydrogens is 360 g/mol. The Hall–Kier alpha value is -2.54. The predicted molar refractivity (Wildman–Crippen MR) is 109 cm³/mol. The van der Waals surface area contributed by atoms with Crippen LogP contribution in [-0.4, -0.2) is 50.1 Å². The topological polar surface area (TPSA) is 66.0 Å². The fourth-order valence-corrected chi connectivity index (χ4v) is 3.87. The normalized spacial score (nSPS) is 13.8. The zero-order valence-corrected chi connectivity index (χ0v) is 16.4. The monoisotopic (exact) mass is 386 g/mol. The number of guanidine groups is 1. The third-order valence-corrected chi connectivity index (χ3v) is 5.44. The summed E-state index contributed by atoms with van der Waals surface area (Å²) < 4.78 is 5.64. The molecule has 1 amide bonds. The standard InChI is InChI=1S/C20H26N4O2S/c1-21-20(23-11-13-26-17-5-3-2-4-6-17)22-10-7-19(25)24-12-8-18-16(15-24)9-14-27-18/h2-6,9,14H,7-8,10-13,15H2,1H3,(H2,21,22,23). The van der Waals surface area contributed by atoms with E-state index in [2.05, 4.69) is 27.1 Å². The summed E-state index contributed by atoms with van der Waals surface area (Å²) in [7, 11) is 1.72. The highest BCUT2D eigenvalue weighted by molar-refractivity contribution is 7.10. The van der Waals surface area contributed by atoms with Gasteiger partial charge in [-0.25, -0.2) is 0 Å². The van der Waals surface area contributed by atoms with Gasteiger partial charge in [-0.05, 0) is 35.6 Å². The predicted octanol–water partition coefficient (Wildman–Crippen LogP) is 2.27. The first-order valence-electron chi connectivity index (χ1n) is 9.21. The molecule has 0 saturated carbocycles. The van der Waals surface area contributed by atoms with Crippen molar-refractivity contribution in [2.24, 2.45) is 4.99 Å². The molecule has 0 saturated heterocycles. The molecule has 144 valence electrons. The first kappa shape index (κ1) is 19.2. The van der Waals surface area contributed by atoms with Crippen molar-refractivity contribution in [2.75, 3.05) is 33.3 Å². The van der Waals surface area contributed by atoms with Crippen molar-refractivity contribution in [2.45, 2.75) is 19.4 Å².